The van der Waals surface area contributed by atoms with E-state index in [-0.39, 0.29) is 5.56 Å². The van der Waals surface area contributed by atoms with Crippen LogP contribution in [0.2, 0.25) is 0 Å². The number of primary amides is 1. The molecule has 1 amide bonds. The standard InChI is InChI=1S/C24H23N7O3/c25-22(32)15-1-3-16(4-2-15)28-20-13-19-21(24(33)27-14-26-19)23(30-20)29-17-5-7-18(8-6-17)31-9-11-34-12-10-31/h1-8,13-14H,9-12H2,(H2,25,32)(H,26,27,33)(H2,28,29,30). The zero-order valence-electron chi connectivity index (χ0n) is 18.2. The molecular formula is C24H23N7O3. The molecule has 0 atom stereocenters. The van der Waals surface area contributed by atoms with Crippen LogP contribution in [0.1, 0.15) is 10.4 Å². The SMILES string of the molecule is NC(=O)c1ccc(Nc2cc3nc[nH]c(=O)c3c(Nc3ccc(N4CCOCC4)cc3)n2)cc1. The van der Waals surface area contributed by atoms with Crippen LogP contribution in [-0.2, 0) is 4.74 Å². The fourth-order valence-electron chi connectivity index (χ4n) is 3.82. The van der Waals surface area contributed by atoms with Crippen molar-refractivity contribution in [2.45, 2.75) is 0 Å². The lowest BCUT2D eigenvalue weighted by Crippen LogP contribution is -2.36. The highest BCUT2D eigenvalue weighted by atomic mass is 16.5. The summed E-state index contributed by atoms with van der Waals surface area (Å²) in [6.45, 7) is 3.15. The number of H-pyrrole nitrogens is 1. The van der Waals surface area contributed by atoms with Crippen LogP contribution < -0.4 is 26.8 Å². The first-order valence-corrected chi connectivity index (χ1v) is 10.8. The molecule has 0 spiro atoms. The summed E-state index contributed by atoms with van der Waals surface area (Å²) in [6, 6.07) is 16.4. The van der Waals surface area contributed by atoms with Crippen molar-refractivity contribution in [2.24, 2.45) is 5.73 Å². The molecule has 1 saturated heterocycles. The molecule has 10 nitrogen and oxygen atoms in total. The molecule has 5 N–H and O–H groups in total. The lowest BCUT2D eigenvalue weighted by molar-refractivity contribution is 0.100. The van der Waals surface area contributed by atoms with Crippen LogP contribution in [-0.4, -0.2) is 47.2 Å². The van der Waals surface area contributed by atoms with Crippen molar-refractivity contribution in [2.75, 3.05) is 41.8 Å². The smallest absolute Gasteiger partial charge is 0.262 e. The highest BCUT2D eigenvalue weighted by molar-refractivity contribution is 5.94. The van der Waals surface area contributed by atoms with Gasteiger partial charge in [-0.25, -0.2) is 9.97 Å². The molecule has 2 aromatic heterocycles. The van der Waals surface area contributed by atoms with Crippen molar-refractivity contribution < 1.29 is 9.53 Å². The minimum Gasteiger partial charge on any atom is -0.378 e. The van der Waals surface area contributed by atoms with E-state index in [2.05, 4.69) is 30.5 Å². The van der Waals surface area contributed by atoms with Crippen LogP contribution in [0.3, 0.4) is 0 Å². The summed E-state index contributed by atoms with van der Waals surface area (Å²) in [5.41, 5.74) is 8.53. The van der Waals surface area contributed by atoms with Gasteiger partial charge in [0.15, 0.2) is 0 Å². The number of hydrogen-bond donors (Lipinski definition) is 4. The number of pyridine rings is 1. The van der Waals surface area contributed by atoms with Crippen LogP contribution in [0, 0.1) is 0 Å². The minimum atomic E-state index is -0.495. The van der Waals surface area contributed by atoms with E-state index in [1.54, 1.807) is 30.3 Å². The van der Waals surface area contributed by atoms with E-state index < -0.39 is 5.91 Å². The number of benzene rings is 2. The Hall–Kier alpha value is -4.44. The number of rotatable bonds is 6. The van der Waals surface area contributed by atoms with Gasteiger partial charge in [-0.15, -0.1) is 0 Å². The molecule has 5 rings (SSSR count). The van der Waals surface area contributed by atoms with Gasteiger partial charge in [-0.3, -0.25) is 9.59 Å². The Morgan fingerprint density at radius 3 is 2.38 bits per heavy atom. The quantitative estimate of drug-likeness (QED) is 0.347. The third-order valence-corrected chi connectivity index (χ3v) is 5.57. The summed E-state index contributed by atoms with van der Waals surface area (Å²) in [5, 5.41) is 6.79. The number of hydrogen-bond acceptors (Lipinski definition) is 8. The van der Waals surface area contributed by atoms with Gasteiger partial charge < -0.3 is 31.0 Å². The number of carbonyl (C=O) groups excluding carboxylic acids is 1. The third kappa shape index (κ3) is 4.52. The number of fused-ring (bicyclic) bond motifs is 1. The average Bonchev–Trinajstić information content (AvgIpc) is 2.85. The first kappa shape index (κ1) is 21.4. The van der Waals surface area contributed by atoms with E-state index in [4.69, 9.17) is 10.5 Å². The van der Waals surface area contributed by atoms with Gasteiger partial charge in [0.05, 0.1) is 25.1 Å². The molecule has 3 heterocycles. The van der Waals surface area contributed by atoms with Crippen molar-refractivity contribution >= 4 is 45.5 Å². The number of aromatic amines is 1. The third-order valence-electron chi connectivity index (χ3n) is 5.57. The van der Waals surface area contributed by atoms with Gasteiger partial charge in [-0.1, -0.05) is 0 Å². The number of ether oxygens (including phenoxy) is 1. The van der Waals surface area contributed by atoms with Gasteiger partial charge in [0.2, 0.25) is 5.91 Å². The summed E-state index contributed by atoms with van der Waals surface area (Å²) in [4.78, 5) is 37.7. The molecule has 0 saturated carbocycles. The van der Waals surface area contributed by atoms with Gasteiger partial charge in [0, 0.05) is 41.8 Å². The van der Waals surface area contributed by atoms with Crippen molar-refractivity contribution in [1.29, 1.82) is 0 Å². The maximum Gasteiger partial charge on any atom is 0.262 e. The fraction of sp³-hybridized carbons (Fsp3) is 0.167. The van der Waals surface area contributed by atoms with Gasteiger partial charge in [0.25, 0.3) is 5.56 Å². The lowest BCUT2D eigenvalue weighted by Gasteiger charge is -2.28. The normalized spacial score (nSPS) is 13.6. The minimum absolute atomic E-state index is 0.290. The first-order chi connectivity index (χ1) is 16.6. The Morgan fingerprint density at radius 1 is 1.00 bits per heavy atom. The van der Waals surface area contributed by atoms with Gasteiger partial charge in [-0.2, -0.15) is 0 Å². The van der Waals surface area contributed by atoms with E-state index >= 15 is 0 Å². The zero-order valence-corrected chi connectivity index (χ0v) is 18.2. The van der Waals surface area contributed by atoms with Crippen LogP contribution in [0.4, 0.5) is 28.7 Å². The maximum absolute atomic E-state index is 12.6. The summed E-state index contributed by atoms with van der Waals surface area (Å²) < 4.78 is 5.42. The Balaban J connectivity index is 1.44. The topological polar surface area (TPSA) is 138 Å². The molecule has 0 bridgehead atoms. The molecule has 0 aliphatic carbocycles. The number of aromatic nitrogens is 3. The van der Waals surface area contributed by atoms with Crippen molar-refractivity contribution in [1.82, 2.24) is 15.0 Å². The molecule has 2 aromatic carbocycles. The number of nitrogens with zero attached hydrogens (tertiary/aromatic N) is 3. The van der Waals surface area contributed by atoms with Crippen LogP contribution in [0.5, 0.6) is 0 Å². The molecule has 172 valence electrons. The van der Waals surface area contributed by atoms with Gasteiger partial charge in [0.1, 0.15) is 17.0 Å². The van der Waals surface area contributed by atoms with Gasteiger partial charge >= 0.3 is 0 Å². The zero-order chi connectivity index (χ0) is 23.5. The monoisotopic (exact) mass is 457 g/mol. The van der Waals surface area contributed by atoms with E-state index in [0.29, 0.717) is 33.8 Å². The summed E-state index contributed by atoms with van der Waals surface area (Å²) >= 11 is 0. The molecule has 0 radical (unpaired) electrons. The number of nitrogens with two attached hydrogens (primary N) is 1. The second-order valence-corrected chi connectivity index (χ2v) is 7.82. The van der Waals surface area contributed by atoms with E-state index in [1.807, 2.05) is 24.3 Å². The van der Waals surface area contributed by atoms with Crippen LogP contribution in [0.25, 0.3) is 10.9 Å². The Bertz CT molecular complexity index is 1380. The molecule has 1 aliphatic heterocycles. The number of morpholine rings is 1. The largest absolute Gasteiger partial charge is 0.378 e. The molecule has 1 fully saturated rings. The number of nitrogens with one attached hydrogen (secondary N) is 3. The molecule has 10 heteroatoms. The molecular weight excluding hydrogens is 434 g/mol. The van der Waals surface area contributed by atoms with Crippen molar-refractivity contribution in [3.05, 3.63) is 76.8 Å². The Morgan fingerprint density at radius 2 is 1.68 bits per heavy atom. The summed E-state index contributed by atoms with van der Waals surface area (Å²) in [7, 11) is 0. The van der Waals surface area contributed by atoms with E-state index in [0.717, 1.165) is 37.7 Å². The average molecular weight is 457 g/mol. The predicted octanol–water partition coefficient (Wildman–Crippen LogP) is 2.74. The predicted molar refractivity (Wildman–Crippen MR) is 131 cm³/mol. The van der Waals surface area contributed by atoms with Crippen molar-refractivity contribution in [3.63, 3.8) is 0 Å². The Kier molecular flexibility index (Phi) is 5.79. The number of carbonyl (C=O) groups is 1. The second kappa shape index (κ2) is 9.20. The Labute approximate surface area is 194 Å². The lowest BCUT2D eigenvalue weighted by atomic mass is 10.2. The van der Waals surface area contributed by atoms with Crippen LogP contribution >= 0.6 is 0 Å². The fourth-order valence-corrected chi connectivity index (χ4v) is 3.82. The second-order valence-electron chi connectivity index (χ2n) is 7.82. The molecule has 1 aliphatic rings. The molecule has 0 unspecified atom stereocenters. The summed E-state index contributed by atoms with van der Waals surface area (Å²) in [5.74, 6) is 0.372. The van der Waals surface area contributed by atoms with E-state index in [9.17, 15) is 9.59 Å². The number of amides is 1. The maximum atomic E-state index is 12.6. The van der Waals surface area contributed by atoms with Crippen LogP contribution in [0.15, 0.2) is 65.7 Å². The highest BCUT2D eigenvalue weighted by Crippen LogP contribution is 2.27. The highest BCUT2D eigenvalue weighted by Gasteiger charge is 2.14. The first-order valence-electron chi connectivity index (χ1n) is 10.8. The summed E-state index contributed by atoms with van der Waals surface area (Å²) in [6.07, 6.45) is 1.36. The number of anilines is 5. The van der Waals surface area contributed by atoms with Crippen molar-refractivity contribution in [3.8, 4) is 0 Å². The van der Waals surface area contributed by atoms with E-state index in [1.165, 1.54) is 6.33 Å². The molecule has 34 heavy (non-hydrogen) atoms. The van der Waals surface area contributed by atoms with Gasteiger partial charge in [-0.05, 0) is 48.5 Å². The molecule has 4 aromatic rings.